The van der Waals surface area contributed by atoms with Gasteiger partial charge < -0.3 is 10.2 Å². The number of piperidine rings is 1. The van der Waals surface area contributed by atoms with Gasteiger partial charge in [-0.1, -0.05) is 41.6 Å². The number of amides is 1. The van der Waals surface area contributed by atoms with Crippen molar-refractivity contribution < 1.29 is 4.79 Å². The van der Waals surface area contributed by atoms with Crippen LogP contribution < -0.4 is 15.8 Å². The van der Waals surface area contributed by atoms with E-state index in [1.807, 2.05) is 6.92 Å². The molecular formula is C21H24ClN5O2S2. The molecule has 0 spiro atoms. The van der Waals surface area contributed by atoms with Crippen molar-refractivity contribution in [1.82, 2.24) is 14.5 Å². The summed E-state index contributed by atoms with van der Waals surface area (Å²) < 4.78 is 2.25. The van der Waals surface area contributed by atoms with E-state index in [-0.39, 0.29) is 17.2 Å². The number of carbonyl (C=O) groups excluding carboxylic acids is 1. The maximum atomic E-state index is 13.2. The highest BCUT2D eigenvalue weighted by molar-refractivity contribution is 7.99. The molecule has 0 unspecified atom stereocenters. The lowest BCUT2D eigenvalue weighted by Crippen LogP contribution is -2.29. The van der Waals surface area contributed by atoms with Gasteiger partial charge in [-0.25, -0.2) is 4.98 Å². The first kappa shape index (κ1) is 22.1. The Morgan fingerprint density at radius 1 is 1.19 bits per heavy atom. The van der Waals surface area contributed by atoms with Gasteiger partial charge in [0.05, 0.1) is 5.75 Å². The van der Waals surface area contributed by atoms with Gasteiger partial charge in [0.15, 0.2) is 15.9 Å². The van der Waals surface area contributed by atoms with E-state index in [1.54, 1.807) is 28.8 Å². The van der Waals surface area contributed by atoms with Gasteiger partial charge in [0, 0.05) is 30.3 Å². The SMILES string of the molecule is CCCn1c(SCC(=O)Nc2ccc(Cl)cc2)nc2nc(N3CCCCC3)sc2c1=O. The fourth-order valence-electron chi connectivity index (χ4n) is 3.49. The van der Waals surface area contributed by atoms with Crippen molar-refractivity contribution >= 4 is 61.8 Å². The first-order valence-electron chi connectivity index (χ1n) is 10.4. The summed E-state index contributed by atoms with van der Waals surface area (Å²) in [5.41, 5.74) is 1.08. The summed E-state index contributed by atoms with van der Waals surface area (Å²) in [5.74, 6) is -0.0232. The summed E-state index contributed by atoms with van der Waals surface area (Å²) >= 11 is 8.57. The summed E-state index contributed by atoms with van der Waals surface area (Å²) in [7, 11) is 0. The first-order valence-corrected chi connectivity index (χ1v) is 12.6. The quantitative estimate of drug-likeness (QED) is 0.394. The van der Waals surface area contributed by atoms with Crippen LogP contribution in [0.3, 0.4) is 0 Å². The number of nitrogens with one attached hydrogen (secondary N) is 1. The number of carbonyl (C=O) groups is 1. The van der Waals surface area contributed by atoms with Crippen molar-refractivity contribution in [3.63, 3.8) is 0 Å². The largest absolute Gasteiger partial charge is 0.348 e. The fraction of sp³-hybridized carbons (Fsp3) is 0.429. The minimum Gasteiger partial charge on any atom is -0.348 e. The summed E-state index contributed by atoms with van der Waals surface area (Å²) in [6.07, 6.45) is 4.33. The molecule has 164 valence electrons. The molecule has 10 heteroatoms. The Balaban J connectivity index is 1.55. The predicted octanol–water partition coefficient (Wildman–Crippen LogP) is 4.64. The van der Waals surface area contributed by atoms with Crippen LogP contribution in [0, 0.1) is 0 Å². The summed E-state index contributed by atoms with van der Waals surface area (Å²) in [6, 6.07) is 6.95. The molecule has 4 rings (SSSR count). The molecule has 0 atom stereocenters. The molecule has 2 aromatic heterocycles. The molecule has 0 saturated carbocycles. The molecule has 1 amide bonds. The number of nitrogens with zero attached hydrogens (tertiary/aromatic N) is 4. The average molecular weight is 478 g/mol. The number of benzene rings is 1. The van der Waals surface area contributed by atoms with Gasteiger partial charge in [-0.15, -0.1) is 0 Å². The molecule has 31 heavy (non-hydrogen) atoms. The van der Waals surface area contributed by atoms with Crippen molar-refractivity contribution in [2.24, 2.45) is 0 Å². The van der Waals surface area contributed by atoms with E-state index in [0.717, 1.165) is 37.5 Å². The van der Waals surface area contributed by atoms with Crippen LogP contribution in [0.25, 0.3) is 10.3 Å². The zero-order valence-corrected chi connectivity index (χ0v) is 19.7. The highest BCUT2D eigenvalue weighted by Crippen LogP contribution is 2.29. The topological polar surface area (TPSA) is 80.1 Å². The van der Waals surface area contributed by atoms with E-state index in [9.17, 15) is 9.59 Å². The third-order valence-electron chi connectivity index (χ3n) is 5.00. The Hall–Kier alpha value is -2.10. The van der Waals surface area contributed by atoms with Crippen LogP contribution in [0.1, 0.15) is 32.6 Å². The number of aromatic nitrogens is 3. The highest BCUT2D eigenvalue weighted by atomic mass is 35.5. The monoisotopic (exact) mass is 477 g/mol. The van der Waals surface area contributed by atoms with Gasteiger partial charge in [0.25, 0.3) is 5.56 Å². The van der Waals surface area contributed by atoms with E-state index in [4.69, 9.17) is 11.6 Å². The summed E-state index contributed by atoms with van der Waals surface area (Å²) in [4.78, 5) is 37.1. The molecule has 1 aromatic carbocycles. The van der Waals surface area contributed by atoms with Crippen LogP contribution in [-0.4, -0.2) is 39.3 Å². The number of rotatable bonds is 7. The molecule has 3 aromatic rings. The fourth-order valence-corrected chi connectivity index (χ4v) is 5.43. The third-order valence-corrected chi connectivity index (χ3v) is 7.33. The molecule has 0 radical (unpaired) electrons. The molecule has 1 fully saturated rings. The van der Waals surface area contributed by atoms with Crippen LogP contribution in [0.4, 0.5) is 10.8 Å². The molecule has 1 aliphatic rings. The first-order chi connectivity index (χ1) is 15.0. The van der Waals surface area contributed by atoms with E-state index in [1.165, 1.54) is 29.5 Å². The molecule has 1 saturated heterocycles. The van der Waals surface area contributed by atoms with Crippen LogP contribution in [-0.2, 0) is 11.3 Å². The van der Waals surface area contributed by atoms with E-state index in [2.05, 4.69) is 20.2 Å². The number of thioether (sulfide) groups is 1. The zero-order chi connectivity index (χ0) is 21.8. The Bertz CT molecular complexity index is 1120. The number of thiazole rings is 1. The summed E-state index contributed by atoms with van der Waals surface area (Å²) in [6.45, 7) is 4.51. The lowest BCUT2D eigenvalue weighted by molar-refractivity contribution is -0.113. The van der Waals surface area contributed by atoms with Crippen LogP contribution >= 0.6 is 34.7 Å². The lowest BCUT2D eigenvalue weighted by atomic mass is 10.1. The third kappa shape index (κ3) is 5.22. The molecule has 1 aliphatic heterocycles. The predicted molar refractivity (Wildman–Crippen MR) is 129 cm³/mol. The van der Waals surface area contributed by atoms with E-state index >= 15 is 0 Å². The van der Waals surface area contributed by atoms with E-state index < -0.39 is 0 Å². The smallest absolute Gasteiger partial charge is 0.273 e. The Morgan fingerprint density at radius 2 is 1.94 bits per heavy atom. The van der Waals surface area contributed by atoms with Gasteiger partial charge in [0.2, 0.25) is 5.91 Å². The van der Waals surface area contributed by atoms with Crippen LogP contribution in [0.5, 0.6) is 0 Å². The molecule has 0 aliphatic carbocycles. The Labute approximate surface area is 193 Å². The molecule has 1 N–H and O–H groups in total. The minimum atomic E-state index is -0.169. The molecule has 3 heterocycles. The second-order valence-corrected chi connectivity index (χ2v) is 9.75. The Kier molecular flexibility index (Phi) is 7.14. The van der Waals surface area contributed by atoms with Gasteiger partial charge in [0.1, 0.15) is 4.70 Å². The van der Waals surface area contributed by atoms with Crippen molar-refractivity contribution in [1.29, 1.82) is 0 Å². The maximum absolute atomic E-state index is 13.2. The number of anilines is 2. The van der Waals surface area contributed by atoms with Crippen LogP contribution in [0.15, 0.2) is 34.2 Å². The van der Waals surface area contributed by atoms with Gasteiger partial charge >= 0.3 is 0 Å². The van der Waals surface area contributed by atoms with Crippen LogP contribution in [0.2, 0.25) is 5.02 Å². The van der Waals surface area contributed by atoms with Crippen molar-refractivity contribution in [2.45, 2.75) is 44.3 Å². The number of hydrogen-bond acceptors (Lipinski definition) is 7. The second-order valence-electron chi connectivity index (χ2n) is 7.39. The number of fused-ring (bicyclic) bond motifs is 1. The van der Waals surface area contributed by atoms with Crippen molar-refractivity contribution in [3.8, 4) is 0 Å². The Morgan fingerprint density at radius 3 is 2.65 bits per heavy atom. The standard InChI is InChI=1S/C21H24ClN5O2S2/c1-2-10-27-19(29)17-18(24-20(31-17)26-11-4-3-5-12-26)25-21(27)30-13-16(28)23-15-8-6-14(22)7-9-15/h6-9H,2-5,10-13H2,1H3,(H,23,28). The highest BCUT2D eigenvalue weighted by Gasteiger charge is 2.20. The second kappa shape index (κ2) is 10.0. The summed E-state index contributed by atoms with van der Waals surface area (Å²) in [5, 5.41) is 4.84. The van der Waals surface area contributed by atoms with E-state index in [0.29, 0.717) is 32.8 Å². The molecule has 0 bridgehead atoms. The van der Waals surface area contributed by atoms with Gasteiger partial charge in [-0.3, -0.25) is 14.2 Å². The normalized spacial score (nSPS) is 14.2. The number of halogens is 1. The minimum absolute atomic E-state index is 0.0757. The molecular weight excluding hydrogens is 454 g/mol. The van der Waals surface area contributed by atoms with Gasteiger partial charge in [-0.05, 0) is 49.9 Å². The maximum Gasteiger partial charge on any atom is 0.273 e. The lowest BCUT2D eigenvalue weighted by Gasteiger charge is -2.25. The van der Waals surface area contributed by atoms with Crippen molar-refractivity contribution in [3.05, 3.63) is 39.6 Å². The molecule has 7 nitrogen and oxygen atoms in total. The zero-order valence-electron chi connectivity index (χ0n) is 17.3. The number of hydrogen-bond donors (Lipinski definition) is 1. The van der Waals surface area contributed by atoms with Crippen molar-refractivity contribution in [2.75, 3.05) is 29.1 Å². The average Bonchev–Trinajstić information content (AvgIpc) is 3.21. The van der Waals surface area contributed by atoms with Gasteiger partial charge in [-0.2, -0.15) is 4.98 Å².